The number of hydrogen-bond acceptors (Lipinski definition) is 5. The Morgan fingerprint density at radius 2 is 2.07 bits per heavy atom. The fourth-order valence-electron chi connectivity index (χ4n) is 3.86. The second-order valence-electron chi connectivity index (χ2n) is 7.97. The predicted molar refractivity (Wildman–Crippen MR) is 107 cm³/mol. The van der Waals surface area contributed by atoms with Crippen LogP contribution >= 0.6 is 0 Å². The predicted octanol–water partition coefficient (Wildman–Crippen LogP) is 0.943. The third kappa shape index (κ3) is 4.44. The van der Waals surface area contributed by atoms with E-state index in [4.69, 9.17) is 4.74 Å². The quantitative estimate of drug-likeness (QED) is 0.626. The van der Waals surface area contributed by atoms with E-state index in [1.807, 2.05) is 6.92 Å². The van der Waals surface area contributed by atoms with Crippen LogP contribution in [0.4, 0.5) is 0 Å². The minimum absolute atomic E-state index is 0.167. The van der Waals surface area contributed by atoms with Gasteiger partial charge in [-0.2, -0.15) is 5.10 Å². The maximum atomic E-state index is 13.0. The highest BCUT2D eigenvalue weighted by molar-refractivity contribution is 6.01. The monoisotopic (exact) mass is 405 g/mol. The number of carbonyl (C=O) groups is 3. The van der Waals surface area contributed by atoms with Crippen molar-refractivity contribution in [1.29, 1.82) is 0 Å². The van der Waals surface area contributed by atoms with Gasteiger partial charge in [-0.25, -0.2) is 0 Å². The Kier molecular flexibility index (Phi) is 6.56. The summed E-state index contributed by atoms with van der Waals surface area (Å²) in [6.07, 6.45) is 4.88. The summed E-state index contributed by atoms with van der Waals surface area (Å²) >= 11 is 0. The number of hydrogen-bond donors (Lipinski definition) is 2. The molecule has 160 valence electrons. The molecule has 0 spiro atoms. The van der Waals surface area contributed by atoms with Crippen LogP contribution in [0.15, 0.2) is 6.07 Å². The van der Waals surface area contributed by atoms with E-state index in [-0.39, 0.29) is 36.0 Å². The summed E-state index contributed by atoms with van der Waals surface area (Å²) in [4.78, 5) is 39.7. The van der Waals surface area contributed by atoms with E-state index < -0.39 is 5.54 Å². The zero-order valence-corrected chi connectivity index (χ0v) is 17.5. The average Bonchev–Trinajstić information content (AvgIpc) is 3.35. The number of aromatic nitrogens is 2. The van der Waals surface area contributed by atoms with Crippen LogP contribution in [-0.2, 0) is 16.1 Å². The first-order valence-corrected chi connectivity index (χ1v) is 10.4. The first kappa shape index (κ1) is 21.3. The molecule has 0 aromatic carbocycles. The van der Waals surface area contributed by atoms with Gasteiger partial charge in [0.25, 0.3) is 11.8 Å². The maximum Gasteiger partial charge on any atom is 0.272 e. The molecule has 1 aromatic heterocycles. The molecule has 1 aliphatic carbocycles. The van der Waals surface area contributed by atoms with Gasteiger partial charge in [0.1, 0.15) is 11.2 Å². The molecule has 1 aromatic rings. The molecule has 1 fully saturated rings. The van der Waals surface area contributed by atoms with Crippen LogP contribution in [-0.4, -0.2) is 70.8 Å². The van der Waals surface area contributed by atoms with Crippen molar-refractivity contribution in [3.8, 4) is 0 Å². The van der Waals surface area contributed by atoms with E-state index in [0.29, 0.717) is 31.9 Å². The third-order valence-corrected chi connectivity index (χ3v) is 5.87. The molecule has 9 nitrogen and oxygen atoms in total. The molecule has 9 heteroatoms. The Labute approximate surface area is 171 Å². The smallest absolute Gasteiger partial charge is 0.272 e. The van der Waals surface area contributed by atoms with E-state index in [0.717, 1.165) is 25.7 Å². The molecule has 3 amide bonds. The molecule has 2 N–H and O–H groups in total. The lowest BCUT2D eigenvalue weighted by Gasteiger charge is -2.41. The van der Waals surface area contributed by atoms with Crippen molar-refractivity contribution in [3.63, 3.8) is 0 Å². The fourth-order valence-corrected chi connectivity index (χ4v) is 3.86. The number of carbonyl (C=O) groups excluding carboxylic acids is 3. The topological polar surface area (TPSA) is 106 Å². The Morgan fingerprint density at radius 3 is 2.76 bits per heavy atom. The molecular weight excluding hydrogens is 374 g/mol. The van der Waals surface area contributed by atoms with Crippen molar-refractivity contribution in [2.75, 3.05) is 26.8 Å². The van der Waals surface area contributed by atoms with E-state index in [1.54, 1.807) is 14.0 Å². The van der Waals surface area contributed by atoms with Crippen LogP contribution < -0.4 is 10.6 Å². The highest BCUT2D eigenvalue weighted by atomic mass is 16.5. The Hall–Kier alpha value is -2.42. The Balaban J connectivity index is 1.69. The van der Waals surface area contributed by atoms with Gasteiger partial charge in [-0.1, -0.05) is 12.8 Å². The summed E-state index contributed by atoms with van der Waals surface area (Å²) in [5, 5.41) is 10.2. The number of amides is 3. The zero-order valence-electron chi connectivity index (χ0n) is 17.5. The Morgan fingerprint density at radius 1 is 1.34 bits per heavy atom. The van der Waals surface area contributed by atoms with Crippen LogP contribution in [0.2, 0.25) is 0 Å². The summed E-state index contributed by atoms with van der Waals surface area (Å²) in [6.45, 7) is 5.56. The highest BCUT2D eigenvalue weighted by Crippen LogP contribution is 2.27. The molecule has 29 heavy (non-hydrogen) atoms. The number of likely N-dealkylation sites (N-methyl/N-ethyl adjacent to an activating group) is 1. The van der Waals surface area contributed by atoms with Crippen molar-refractivity contribution in [3.05, 3.63) is 17.5 Å². The molecule has 0 radical (unpaired) electrons. The summed E-state index contributed by atoms with van der Waals surface area (Å²) < 4.78 is 6.72. The number of ether oxygens (including phenoxy) is 1. The second-order valence-corrected chi connectivity index (χ2v) is 7.97. The molecule has 1 unspecified atom stereocenters. The molecule has 1 atom stereocenters. The van der Waals surface area contributed by atoms with E-state index >= 15 is 0 Å². The average molecular weight is 405 g/mol. The Bertz CT molecular complexity index is 771. The highest BCUT2D eigenvalue weighted by Gasteiger charge is 2.46. The molecule has 1 saturated carbocycles. The summed E-state index contributed by atoms with van der Waals surface area (Å²) in [6, 6.07) is 1.66. The van der Waals surface area contributed by atoms with Gasteiger partial charge >= 0.3 is 0 Å². The van der Waals surface area contributed by atoms with Gasteiger partial charge in [0, 0.05) is 38.9 Å². The zero-order chi connectivity index (χ0) is 21.0. The van der Waals surface area contributed by atoms with Crippen molar-refractivity contribution >= 4 is 17.7 Å². The number of nitrogens with one attached hydrogen (secondary N) is 2. The maximum absolute atomic E-state index is 13.0. The van der Waals surface area contributed by atoms with Gasteiger partial charge in [-0.15, -0.1) is 0 Å². The normalized spacial score (nSPS) is 21.9. The fraction of sp³-hybridized carbons (Fsp3) is 0.700. The SMILES string of the molecule is CCOCCCNC(=O)c1cc2n(n1)CC(C)(C(=O)NC1CCCC1)N(C)C2=O. The van der Waals surface area contributed by atoms with Gasteiger partial charge in [-0.05, 0) is 33.1 Å². The van der Waals surface area contributed by atoms with Gasteiger partial charge in [-0.3, -0.25) is 19.1 Å². The largest absolute Gasteiger partial charge is 0.382 e. The first-order valence-electron chi connectivity index (χ1n) is 10.4. The number of fused-ring (bicyclic) bond motifs is 1. The summed E-state index contributed by atoms with van der Waals surface area (Å²) in [7, 11) is 1.63. The minimum atomic E-state index is -1.05. The summed E-state index contributed by atoms with van der Waals surface area (Å²) in [5.74, 6) is -0.831. The van der Waals surface area contributed by atoms with E-state index in [9.17, 15) is 14.4 Å². The van der Waals surface area contributed by atoms with Gasteiger partial charge < -0.3 is 20.3 Å². The van der Waals surface area contributed by atoms with Gasteiger partial charge in [0.2, 0.25) is 5.91 Å². The van der Waals surface area contributed by atoms with Crippen molar-refractivity contribution in [1.82, 2.24) is 25.3 Å². The third-order valence-electron chi connectivity index (χ3n) is 5.87. The number of rotatable bonds is 8. The van der Waals surface area contributed by atoms with Crippen LogP contribution in [0.5, 0.6) is 0 Å². The second kappa shape index (κ2) is 8.94. The van der Waals surface area contributed by atoms with Crippen molar-refractivity contribution in [2.45, 2.75) is 64.1 Å². The molecule has 0 saturated heterocycles. The van der Waals surface area contributed by atoms with E-state index in [2.05, 4.69) is 15.7 Å². The molecule has 3 rings (SSSR count). The molecule has 0 bridgehead atoms. The van der Waals surface area contributed by atoms with Crippen LogP contribution in [0.3, 0.4) is 0 Å². The lowest BCUT2D eigenvalue weighted by atomic mass is 9.95. The van der Waals surface area contributed by atoms with Gasteiger partial charge in [0.15, 0.2) is 5.69 Å². The van der Waals surface area contributed by atoms with Crippen molar-refractivity contribution < 1.29 is 19.1 Å². The molecule has 1 aliphatic heterocycles. The number of nitrogens with zero attached hydrogens (tertiary/aromatic N) is 3. The van der Waals surface area contributed by atoms with Crippen LogP contribution in [0, 0.1) is 0 Å². The summed E-state index contributed by atoms with van der Waals surface area (Å²) in [5.41, 5.74) is -0.555. The lowest BCUT2D eigenvalue weighted by molar-refractivity contribution is -0.133. The van der Waals surface area contributed by atoms with Crippen LogP contribution in [0.1, 0.15) is 66.9 Å². The van der Waals surface area contributed by atoms with Crippen molar-refractivity contribution in [2.24, 2.45) is 0 Å². The lowest BCUT2D eigenvalue weighted by Crippen LogP contribution is -2.63. The molecular formula is C20H31N5O4. The molecule has 2 heterocycles. The standard InChI is InChI=1S/C20H31N5O4/c1-4-29-11-7-10-21-17(26)15-12-16-18(27)24(3)20(2,13-25(16)23-15)19(28)22-14-8-5-6-9-14/h12,14H,4-11,13H2,1-3H3,(H,21,26)(H,22,28). The van der Waals surface area contributed by atoms with E-state index in [1.165, 1.54) is 15.6 Å². The first-order chi connectivity index (χ1) is 13.9. The van der Waals surface area contributed by atoms with Gasteiger partial charge in [0.05, 0.1) is 6.54 Å². The van der Waals surface area contributed by atoms with Crippen LogP contribution in [0.25, 0.3) is 0 Å². The molecule has 2 aliphatic rings. The minimum Gasteiger partial charge on any atom is -0.382 e.